The maximum Gasteiger partial charge on any atom is 0.0547 e. The first-order valence-corrected chi connectivity index (χ1v) is 6.81. The molecule has 2 rings (SSSR count). The molecule has 0 atom stereocenters. The van der Waals surface area contributed by atoms with E-state index in [1.807, 2.05) is 12.4 Å². The lowest BCUT2D eigenvalue weighted by Gasteiger charge is -2.22. The van der Waals surface area contributed by atoms with Gasteiger partial charge in [0.15, 0.2) is 0 Å². The molecule has 0 aliphatic heterocycles. The zero-order valence-electron chi connectivity index (χ0n) is 10.7. The molecule has 3 nitrogen and oxygen atoms in total. The van der Waals surface area contributed by atoms with Gasteiger partial charge in [0, 0.05) is 13.1 Å². The largest absolute Gasteiger partial charge is 0.384 e. The highest BCUT2D eigenvalue weighted by molar-refractivity contribution is 5.53. The third kappa shape index (κ3) is 3.91. The molecule has 94 valence electrons. The van der Waals surface area contributed by atoms with Crippen LogP contribution in [0.3, 0.4) is 0 Å². The Bertz CT molecular complexity index is 332. The van der Waals surface area contributed by atoms with E-state index < -0.39 is 0 Å². The minimum absolute atomic E-state index is 0.853. The summed E-state index contributed by atoms with van der Waals surface area (Å²) in [5.74, 6) is 0.853. The van der Waals surface area contributed by atoms with Gasteiger partial charge in [-0.2, -0.15) is 0 Å². The molecule has 0 saturated heterocycles. The maximum atomic E-state index is 4.24. The van der Waals surface area contributed by atoms with Crippen molar-refractivity contribution >= 4 is 11.4 Å². The normalized spacial score (nSPS) is 16.8. The molecule has 1 saturated carbocycles. The predicted octanol–water partition coefficient (Wildman–Crippen LogP) is 3.51. The van der Waals surface area contributed by atoms with Crippen LogP contribution in [0.5, 0.6) is 0 Å². The summed E-state index contributed by atoms with van der Waals surface area (Å²) in [4.78, 5) is 4.24. The standard InChI is InChI=1S/C14H23N3/c1-2-16-13-8-14(11-15-10-13)17-9-12-6-4-3-5-7-12/h8,10-12,16-17H,2-7,9H2,1H3. The van der Waals surface area contributed by atoms with Crippen LogP contribution in [-0.2, 0) is 0 Å². The first-order chi connectivity index (χ1) is 8.38. The minimum Gasteiger partial charge on any atom is -0.384 e. The SMILES string of the molecule is CCNc1cncc(NCC2CCCCC2)c1. The van der Waals surface area contributed by atoms with Gasteiger partial charge in [-0.3, -0.25) is 4.98 Å². The van der Waals surface area contributed by atoms with Gasteiger partial charge in [0.25, 0.3) is 0 Å². The van der Waals surface area contributed by atoms with Gasteiger partial charge in [-0.25, -0.2) is 0 Å². The summed E-state index contributed by atoms with van der Waals surface area (Å²) in [5, 5.41) is 6.79. The Labute approximate surface area is 104 Å². The van der Waals surface area contributed by atoms with Crippen LogP contribution in [0.15, 0.2) is 18.5 Å². The van der Waals surface area contributed by atoms with Crippen LogP contribution in [0.4, 0.5) is 11.4 Å². The average molecular weight is 233 g/mol. The molecule has 1 heterocycles. The second-order valence-electron chi connectivity index (χ2n) is 4.88. The molecule has 1 aromatic rings. The number of hydrogen-bond acceptors (Lipinski definition) is 3. The lowest BCUT2D eigenvalue weighted by atomic mass is 9.89. The first-order valence-electron chi connectivity index (χ1n) is 6.81. The average Bonchev–Trinajstić information content (AvgIpc) is 2.39. The molecule has 0 bridgehead atoms. The third-order valence-corrected chi connectivity index (χ3v) is 3.44. The van der Waals surface area contributed by atoms with E-state index in [0.29, 0.717) is 0 Å². The molecule has 0 spiro atoms. The van der Waals surface area contributed by atoms with Gasteiger partial charge in [-0.15, -0.1) is 0 Å². The monoisotopic (exact) mass is 233 g/mol. The van der Waals surface area contributed by atoms with Crippen molar-refractivity contribution in [2.45, 2.75) is 39.0 Å². The van der Waals surface area contributed by atoms with E-state index in [1.165, 1.54) is 32.1 Å². The van der Waals surface area contributed by atoms with E-state index in [2.05, 4.69) is 28.6 Å². The summed E-state index contributed by atoms with van der Waals surface area (Å²) >= 11 is 0. The maximum absolute atomic E-state index is 4.24. The first kappa shape index (κ1) is 12.2. The molecule has 0 unspecified atom stereocenters. The number of nitrogens with zero attached hydrogens (tertiary/aromatic N) is 1. The molecule has 3 heteroatoms. The molecule has 1 aliphatic carbocycles. The minimum atomic E-state index is 0.853. The highest BCUT2D eigenvalue weighted by Crippen LogP contribution is 2.24. The Kier molecular flexibility index (Phi) is 4.65. The zero-order valence-corrected chi connectivity index (χ0v) is 10.7. The fourth-order valence-corrected chi connectivity index (χ4v) is 2.49. The quantitative estimate of drug-likeness (QED) is 0.817. The summed E-state index contributed by atoms with van der Waals surface area (Å²) in [7, 11) is 0. The van der Waals surface area contributed by atoms with Crippen molar-refractivity contribution in [1.29, 1.82) is 0 Å². The number of nitrogens with one attached hydrogen (secondary N) is 2. The van der Waals surface area contributed by atoms with Crippen LogP contribution in [0.1, 0.15) is 39.0 Å². The molecule has 0 radical (unpaired) electrons. The van der Waals surface area contributed by atoms with Gasteiger partial charge in [0.2, 0.25) is 0 Å². The van der Waals surface area contributed by atoms with E-state index in [4.69, 9.17) is 0 Å². The van der Waals surface area contributed by atoms with Gasteiger partial charge in [-0.05, 0) is 31.7 Å². The molecule has 0 amide bonds. The van der Waals surface area contributed by atoms with Gasteiger partial charge in [-0.1, -0.05) is 19.3 Å². The Hall–Kier alpha value is -1.25. The number of aromatic nitrogens is 1. The van der Waals surface area contributed by atoms with Crippen molar-refractivity contribution in [1.82, 2.24) is 4.98 Å². The van der Waals surface area contributed by atoms with E-state index in [1.54, 1.807) is 0 Å². The van der Waals surface area contributed by atoms with Crippen molar-refractivity contribution in [3.63, 3.8) is 0 Å². The molecule has 17 heavy (non-hydrogen) atoms. The van der Waals surface area contributed by atoms with Gasteiger partial charge < -0.3 is 10.6 Å². The van der Waals surface area contributed by atoms with Crippen LogP contribution in [0, 0.1) is 5.92 Å². The number of hydrogen-bond donors (Lipinski definition) is 2. The van der Waals surface area contributed by atoms with E-state index in [9.17, 15) is 0 Å². The van der Waals surface area contributed by atoms with Crippen molar-refractivity contribution in [3.8, 4) is 0 Å². The van der Waals surface area contributed by atoms with Crippen LogP contribution >= 0.6 is 0 Å². The van der Waals surface area contributed by atoms with Gasteiger partial charge >= 0.3 is 0 Å². The summed E-state index contributed by atoms with van der Waals surface area (Å²) in [6.45, 7) is 4.13. The summed E-state index contributed by atoms with van der Waals surface area (Å²) in [6.07, 6.45) is 10.8. The molecule has 0 aromatic carbocycles. The van der Waals surface area contributed by atoms with E-state index in [0.717, 1.165) is 30.4 Å². The van der Waals surface area contributed by atoms with Crippen molar-refractivity contribution in [2.75, 3.05) is 23.7 Å². The number of rotatable bonds is 5. The Morgan fingerprint density at radius 2 is 1.82 bits per heavy atom. The Morgan fingerprint density at radius 3 is 2.53 bits per heavy atom. The predicted molar refractivity (Wildman–Crippen MR) is 73.5 cm³/mol. The highest BCUT2D eigenvalue weighted by Gasteiger charge is 2.12. The fraction of sp³-hybridized carbons (Fsp3) is 0.643. The fourth-order valence-electron chi connectivity index (χ4n) is 2.49. The molecule has 1 aromatic heterocycles. The Morgan fingerprint density at radius 1 is 1.12 bits per heavy atom. The second kappa shape index (κ2) is 6.48. The molecular weight excluding hydrogens is 210 g/mol. The third-order valence-electron chi connectivity index (χ3n) is 3.44. The number of anilines is 2. The zero-order chi connectivity index (χ0) is 11.9. The van der Waals surface area contributed by atoms with Crippen LogP contribution in [0.2, 0.25) is 0 Å². The van der Waals surface area contributed by atoms with Crippen molar-refractivity contribution < 1.29 is 0 Å². The molecule has 1 aliphatic rings. The molecule has 1 fully saturated rings. The molecular formula is C14H23N3. The summed E-state index contributed by atoms with van der Waals surface area (Å²) in [5.41, 5.74) is 2.23. The summed E-state index contributed by atoms with van der Waals surface area (Å²) < 4.78 is 0. The van der Waals surface area contributed by atoms with Crippen LogP contribution in [0.25, 0.3) is 0 Å². The van der Waals surface area contributed by atoms with Crippen molar-refractivity contribution in [3.05, 3.63) is 18.5 Å². The lowest BCUT2D eigenvalue weighted by Crippen LogP contribution is -2.17. The number of pyridine rings is 1. The smallest absolute Gasteiger partial charge is 0.0547 e. The van der Waals surface area contributed by atoms with E-state index >= 15 is 0 Å². The lowest BCUT2D eigenvalue weighted by molar-refractivity contribution is 0.373. The van der Waals surface area contributed by atoms with Crippen LogP contribution < -0.4 is 10.6 Å². The van der Waals surface area contributed by atoms with Gasteiger partial charge in [0.1, 0.15) is 0 Å². The van der Waals surface area contributed by atoms with Gasteiger partial charge in [0.05, 0.1) is 23.8 Å². The Balaban J connectivity index is 1.83. The van der Waals surface area contributed by atoms with E-state index in [-0.39, 0.29) is 0 Å². The van der Waals surface area contributed by atoms with Crippen molar-refractivity contribution in [2.24, 2.45) is 5.92 Å². The van der Waals surface area contributed by atoms with Crippen LogP contribution in [-0.4, -0.2) is 18.1 Å². The second-order valence-corrected chi connectivity index (χ2v) is 4.88. The topological polar surface area (TPSA) is 37.0 Å². The molecule has 2 N–H and O–H groups in total. The highest BCUT2D eigenvalue weighted by atomic mass is 14.9. The summed E-state index contributed by atoms with van der Waals surface area (Å²) in [6, 6.07) is 2.14.